The number of hydrogen-bond acceptors (Lipinski definition) is 6. The Hall–Kier alpha value is -2.83. The highest BCUT2D eigenvalue weighted by molar-refractivity contribution is 5.99. The van der Waals surface area contributed by atoms with Gasteiger partial charge in [0, 0.05) is 12.8 Å². The van der Waals surface area contributed by atoms with Crippen LogP contribution in [0.3, 0.4) is 0 Å². The number of hydrogen-bond donors (Lipinski definition) is 1. The highest BCUT2D eigenvalue weighted by Crippen LogP contribution is 2.48. The third-order valence-electron chi connectivity index (χ3n) is 4.57. The van der Waals surface area contributed by atoms with Crippen molar-refractivity contribution in [1.29, 1.82) is 0 Å². The number of Topliss-reactive ketones (excluding diaryl/α,β-unsaturated/α-hetero) is 1. The highest BCUT2D eigenvalue weighted by Gasteiger charge is 2.47. The number of nitrogens with zero attached hydrogens (tertiary/aromatic N) is 1. The molecular formula is C18H20N2O5. The van der Waals surface area contributed by atoms with Crippen molar-refractivity contribution in [3.8, 4) is 5.75 Å². The largest absolute Gasteiger partial charge is 0.497 e. The molecule has 3 rings (SSSR count). The molecule has 0 saturated carbocycles. The highest BCUT2D eigenvalue weighted by atomic mass is 16.6. The number of ether oxygens (including phenoxy) is 2. The number of carbonyl (C=O) groups is 1. The maximum atomic E-state index is 12.8. The zero-order chi connectivity index (χ0) is 18.4. The summed E-state index contributed by atoms with van der Waals surface area (Å²) in [5.41, 5.74) is 6.23. The van der Waals surface area contributed by atoms with Crippen LogP contribution >= 0.6 is 0 Å². The van der Waals surface area contributed by atoms with Crippen LogP contribution in [0.4, 0.5) is 0 Å². The van der Waals surface area contributed by atoms with Crippen molar-refractivity contribution in [2.24, 2.45) is 11.1 Å². The summed E-state index contributed by atoms with van der Waals surface area (Å²) in [6.07, 6.45) is 0.819. The van der Waals surface area contributed by atoms with Crippen molar-refractivity contribution in [1.82, 2.24) is 0 Å². The van der Waals surface area contributed by atoms with Crippen LogP contribution in [0, 0.1) is 15.5 Å². The zero-order valence-electron chi connectivity index (χ0n) is 14.4. The average molecular weight is 344 g/mol. The first kappa shape index (κ1) is 17.0. The molecule has 1 heterocycles. The minimum atomic E-state index is -0.840. The fourth-order valence-corrected chi connectivity index (χ4v) is 3.47. The number of nitrogens with two attached hydrogens (primary N) is 1. The lowest BCUT2D eigenvalue weighted by Crippen LogP contribution is -2.35. The van der Waals surface area contributed by atoms with E-state index in [4.69, 9.17) is 15.2 Å². The summed E-state index contributed by atoms with van der Waals surface area (Å²) >= 11 is 0. The molecule has 1 aliphatic heterocycles. The third-order valence-corrected chi connectivity index (χ3v) is 4.57. The lowest BCUT2D eigenvalue weighted by Gasteiger charge is -2.36. The Morgan fingerprint density at radius 1 is 1.28 bits per heavy atom. The third kappa shape index (κ3) is 2.97. The maximum Gasteiger partial charge on any atom is 0.317 e. The molecule has 0 amide bonds. The molecule has 1 aliphatic carbocycles. The van der Waals surface area contributed by atoms with Gasteiger partial charge >= 0.3 is 5.70 Å². The Balaban J connectivity index is 2.17. The van der Waals surface area contributed by atoms with E-state index in [1.807, 2.05) is 13.8 Å². The summed E-state index contributed by atoms with van der Waals surface area (Å²) in [6.45, 7) is 3.92. The van der Waals surface area contributed by atoms with Gasteiger partial charge in [0.2, 0.25) is 0 Å². The van der Waals surface area contributed by atoms with E-state index in [1.54, 1.807) is 24.3 Å². The zero-order valence-corrected chi connectivity index (χ0v) is 14.4. The van der Waals surface area contributed by atoms with Crippen LogP contribution in [0.1, 0.15) is 38.2 Å². The Kier molecular flexibility index (Phi) is 4.02. The summed E-state index contributed by atoms with van der Waals surface area (Å²) < 4.78 is 10.6. The van der Waals surface area contributed by atoms with Crippen molar-refractivity contribution in [2.45, 2.75) is 32.6 Å². The van der Waals surface area contributed by atoms with E-state index in [1.165, 1.54) is 7.11 Å². The Morgan fingerprint density at radius 2 is 1.92 bits per heavy atom. The van der Waals surface area contributed by atoms with Crippen molar-refractivity contribution < 1.29 is 19.2 Å². The number of carbonyl (C=O) groups excluding carboxylic acids is 1. The first-order chi connectivity index (χ1) is 11.7. The fourth-order valence-electron chi connectivity index (χ4n) is 3.47. The average Bonchev–Trinajstić information content (AvgIpc) is 2.52. The molecule has 0 bridgehead atoms. The van der Waals surface area contributed by atoms with Gasteiger partial charge in [0.15, 0.2) is 5.78 Å². The molecule has 0 spiro atoms. The summed E-state index contributed by atoms with van der Waals surface area (Å²) in [7, 11) is 1.54. The molecule has 0 fully saturated rings. The van der Waals surface area contributed by atoms with Crippen molar-refractivity contribution in [2.75, 3.05) is 7.11 Å². The number of allylic oxidation sites excluding steroid dienone is 2. The smallest absolute Gasteiger partial charge is 0.317 e. The monoisotopic (exact) mass is 344 g/mol. The molecule has 25 heavy (non-hydrogen) atoms. The topological polar surface area (TPSA) is 105 Å². The molecule has 1 atom stereocenters. The minimum Gasteiger partial charge on any atom is -0.497 e. The molecular weight excluding hydrogens is 324 g/mol. The first-order valence-corrected chi connectivity index (χ1v) is 7.95. The van der Waals surface area contributed by atoms with Crippen molar-refractivity contribution >= 4 is 5.78 Å². The molecule has 7 nitrogen and oxygen atoms in total. The summed E-state index contributed by atoms with van der Waals surface area (Å²) in [4.78, 5) is 23.8. The van der Waals surface area contributed by atoms with Gasteiger partial charge in [-0.2, -0.15) is 0 Å². The SMILES string of the molecule is COc1ccc([C@H]2C3=C(CC(C)(C)CC3=O)OC(N)=C2[N+](=O)[O-])cc1. The molecule has 2 aliphatic rings. The van der Waals surface area contributed by atoms with E-state index in [0.29, 0.717) is 35.5 Å². The summed E-state index contributed by atoms with van der Waals surface area (Å²) in [5, 5.41) is 11.6. The second-order valence-electron chi connectivity index (χ2n) is 7.09. The van der Waals surface area contributed by atoms with E-state index in [9.17, 15) is 14.9 Å². The minimum absolute atomic E-state index is 0.140. The molecule has 7 heteroatoms. The lowest BCUT2D eigenvalue weighted by molar-refractivity contribution is -0.433. The second-order valence-corrected chi connectivity index (χ2v) is 7.09. The van der Waals surface area contributed by atoms with Gasteiger partial charge < -0.3 is 15.2 Å². The molecule has 1 aromatic rings. The summed E-state index contributed by atoms with van der Waals surface area (Å²) in [6, 6.07) is 6.83. The fraction of sp³-hybridized carbons (Fsp3) is 0.389. The molecule has 0 unspecified atom stereocenters. The van der Waals surface area contributed by atoms with Crippen LogP contribution in [-0.2, 0) is 9.53 Å². The van der Waals surface area contributed by atoms with Crippen LogP contribution in [0.15, 0.2) is 47.2 Å². The van der Waals surface area contributed by atoms with E-state index in [0.717, 1.165) is 0 Å². The van der Waals surface area contributed by atoms with Crippen LogP contribution in [0.25, 0.3) is 0 Å². The standard InChI is InChI=1S/C18H20N2O5/c1-18(2)8-12(21)15-13(9-18)25-17(19)16(20(22)23)14(15)10-4-6-11(24-3)7-5-10/h4-7,14H,8-9,19H2,1-3H3/t14-/m0/s1. The Bertz CT molecular complexity index is 805. The van der Waals surface area contributed by atoms with E-state index in [2.05, 4.69) is 0 Å². The number of benzene rings is 1. The van der Waals surface area contributed by atoms with Crippen LogP contribution in [0.5, 0.6) is 5.75 Å². The van der Waals surface area contributed by atoms with Gasteiger partial charge in [0.05, 0.1) is 17.6 Å². The summed E-state index contributed by atoms with van der Waals surface area (Å²) in [5.74, 6) is -0.173. The Labute approximate surface area is 145 Å². The first-order valence-electron chi connectivity index (χ1n) is 7.95. The van der Waals surface area contributed by atoms with Crippen LogP contribution in [-0.4, -0.2) is 17.8 Å². The van der Waals surface area contributed by atoms with Crippen LogP contribution in [0.2, 0.25) is 0 Å². The second kappa shape index (κ2) is 5.91. The van der Waals surface area contributed by atoms with Gasteiger partial charge in [-0.3, -0.25) is 14.9 Å². The van der Waals surface area contributed by atoms with Gasteiger partial charge in [-0.05, 0) is 23.1 Å². The lowest BCUT2D eigenvalue weighted by atomic mass is 9.71. The van der Waals surface area contributed by atoms with Gasteiger partial charge in [0.1, 0.15) is 17.4 Å². The molecule has 132 valence electrons. The number of ketones is 1. The quantitative estimate of drug-likeness (QED) is 0.668. The van der Waals surface area contributed by atoms with Crippen molar-refractivity contribution in [3.63, 3.8) is 0 Å². The predicted molar refractivity (Wildman–Crippen MR) is 90.1 cm³/mol. The number of rotatable bonds is 3. The molecule has 0 saturated heterocycles. The number of methoxy groups -OCH3 is 1. The molecule has 1 aromatic carbocycles. The van der Waals surface area contributed by atoms with Crippen LogP contribution < -0.4 is 10.5 Å². The molecule has 0 aromatic heterocycles. The Morgan fingerprint density at radius 3 is 2.48 bits per heavy atom. The van der Waals surface area contributed by atoms with E-state index >= 15 is 0 Å². The van der Waals surface area contributed by atoms with Gasteiger partial charge in [-0.1, -0.05) is 26.0 Å². The molecule has 2 N–H and O–H groups in total. The van der Waals surface area contributed by atoms with Gasteiger partial charge in [0.25, 0.3) is 5.88 Å². The van der Waals surface area contributed by atoms with Gasteiger partial charge in [-0.15, -0.1) is 0 Å². The van der Waals surface area contributed by atoms with E-state index < -0.39 is 10.8 Å². The number of nitro groups is 1. The normalized spacial score (nSPS) is 22.4. The van der Waals surface area contributed by atoms with Crippen molar-refractivity contribution in [3.05, 3.63) is 62.9 Å². The maximum absolute atomic E-state index is 12.8. The predicted octanol–water partition coefficient (Wildman–Crippen LogP) is 2.86. The van der Waals surface area contributed by atoms with E-state index in [-0.39, 0.29) is 22.8 Å². The molecule has 0 radical (unpaired) electrons. The van der Waals surface area contributed by atoms with Gasteiger partial charge in [-0.25, -0.2) is 0 Å².